The molecule has 0 amide bonds. The molecule has 3 nitrogen and oxygen atoms in total. The molecule has 0 N–H and O–H groups in total. The fourth-order valence-electron chi connectivity index (χ4n) is 4.76. The average molecular weight is 425 g/mol. The van der Waals surface area contributed by atoms with Gasteiger partial charge in [0.2, 0.25) is 0 Å². The van der Waals surface area contributed by atoms with Gasteiger partial charge in [-0.2, -0.15) is 0 Å². The maximum absolute atomic E-state index is 7.52. The van der Waals surface area contributed by atoms with Crippen LogP contribution < -0.4 is 0 Å². The van der Waals surface area contributed by atoms with E-state index in [2.05, 4.69) is 21.6 Å². The number of ether oxygens (including phenoxy) is 1. The SMILES string of the molecule is [3H]PO[C@@H]1C[C@@H](Cl)[C@H](C/C=C\COCC)[C@H]1CC[C@H](OP)C1CCCCC1. The third-order valence-corrected chi connectivity index (χ3v) is 7.38. The van der Waals surface area contributed by atoms with E-state index in [-0.39, 0.29) is 20.9 Å². The van der Waals surface area contributed by atoms with Crippen molar-refractivity contribution in [1.82, 2.24) is 0 Å². The van der Waals surface area contributed by atoms with E-state index in [4.69, 9.17) is 26.7 Å². The summed E-state index contributed by atoms with van der Waals surface area (Å²) in [5, 5.41) is 0.123. The minimum atomic E-state index is -0.219. The molecule has 0 saturated heterocycles. The van der Waals surface area contributed by atoms with Crippen molar-refractivity contribution in [2.24, 2.45) is 17.8 Å². The third kappa shape index (κ3) is 6.98. The Balaban J connectivity index is 1.93. The maximum atomic E-state index is 7.52. The van der Waals surface area contributed by atoms with Crippen molar-refractivity contribution in [3.05, 3.63) is 12.2 Å². The molecule has 26 heavy (non-hydrogen) atoms. The zero-order valence-electron chi connectivity index (χ0n) is 17.1. The molecule has 7 atom stereocenters. The van der Waals surface area contributed by atoms with Gasteiger partial charge in [0, 0.05) is 30.9 Å². The number of allylic oxidation sites excluding steroid dienone is 1. The van der Waals surface area contributed by atoms with Crippen LogP contribution in [0.3, 0.4) is 0 Å². The molecule has 0 heterocycles. The highest BCUT2D eigenvalue weighted by atomic mass is 35.5. The van der Waals surface area contributed by atoms with E-state index in [1.807, 2.05) is 6.92 Å². The standard InChI is InChI=1S/C20H37ClO3P2/c1-2-22-13-7-6-10-16-17(20(24-26)14-18(16)21)11-12-19(23-25)15-8-4-3-5-9-15/h6-7,15-20H,2-5,8-14,25-26H2,1H3/b7-6-/t16-,17-,18-,19+,20-/m1/s1/i26T/t16-,17-,18-,19+,20-,26?. The topological polar surface area (TPSA) is 27.7 Å². The van der Waals surface area contributed by atoms with Gasteiger partial charge >= 0.3 is 0 Å². The fraction of sp³-hybridized carbons (Fsp3) is 0.900. The highest BCUT2D eigenvalue weighted by molar-refractivity contribution is 7.10. The molecule has 0 aliphatic heterocycles. The lowest BCUT2D eigenvalue weighted by molar-refractivity contribution is 0.0939. The maximum Gasteiger partial charge on any atom is 0.0851 e. The normalized spacial score (nSPS) is 32.7. The molecule has 0 aromatic carbocycles. The third-order valence-electron chi connectivity index (χ3n) is 6.23. The minimum absolute atomic E-state index is 0.116. The lowest BCUT2D eigenvalue weighted by Gasteiger charge is -2.31. The van der Waals surface area contributed by atoms with Crippen LogP contribution >= 0.6 is 30.5 Å². The summed E-state index contributed by atoms with van der Waals surface area (Å²) in [5.74, 6) is 1.50. The zero-order chi connectivity index (χ0) is 19.5. The van der Waals surface area contributed by atoms with Gasteiger partial charge in [0.15, 0.2) is 0 Å². The van der Waals surface area contributed by atoms with E-state index in [9.17, 15) is 0 Å². The Kier molecular flexibility index (Phi) is 10.8. The van der Waals surface area contributed by atoms with Gasteiger partial charge in [-0.3, -0.25) is 0 Å². The number of hydrogen-bond donors (Lipinski definition) is 0. The molecule has 2 fully saturated rings. The largest absolute Gasteiger partial charge is 0.378 e. The van der Waals surface area contributed by atoms with Crippen molar-refractivity contribution >= 4 is 30.5 Å². The molecule has 0 bridgehead atoms. The van der Waals surface area contributed by atoms with E-state index in [1.165, 1.54) is 32.1 Å². The van der Waals surface area contributed by atoms with Gasteiger partial charge in [0.25, 0.3) is 0 Å². The zero-order valence-corrected chi connectivity index (χ0v) is 19.0. The fourth-order valence-corrected chi connectivity index (χ4v) is 5.85. The monoisotopic (exact) mass is 424 g/mol. The average Bonchev–Trinajstić information content (AvgIpc) is 2.98. The Labute approximate surface area is 171 Å². The van der Waals surface area contributed by atoms with E-state index in [0.29, 0.717) is 30.5 Å². The van der Waals surface area contributed by atoms with Gasteiger partial charge in [-0.05, 0) is 63.2 Å². The number of hydrogen-bond acceptors (Lipinski definition) is 3. The van der Waals surface area contributed by atoms with Crippen LogP contribution in [-0.4, -0.2) is 32.1 Å². The summed E-state index contributed by atoms with van der Waals surface area (Å²) in [6.07, 6.45) is 15.3. The van der Waals surface area contributed by atoms with Crippen LogP contribution in [0.25, 0.3) is 0 Å². The second-order valence-corrected chi connectivity index (χ2v) is 8.82. The predicted octanol–water partition coefficient (Wildman–Crippen LogP) is 5.92. The Morgan fingerprint density at radius 2 is 2.04 bits per heavy atom. The quantitative estimate of drug-likeness (QED) is 0.168. The van der Waals surface area contributed by atoms with E-state index < -0.39 is 0 Å². The smallest absolute Gasteiger partial charge is 0.0851 e. The molecule has 2 rings (SSSR count). The van der Waals surface area contributed by atoms with Crippen molar-refractivity contribution in [3.8, 4) is 0 Å². The van der Waals surface area contributed by atoms with Crippen molar-refractivity contribution in [2.75, 3.05) is 13.2 Å². The van der Waals surface area contributed by atoms with Crippen LogP contribution in [0.15, 0.2) is 12.2 Å². The summed E-state index contributed by atoms with van der Waals surface area (Å²) in [4.78, 5) is 0. The highest BCUT2D eigenvalue weighted by Crippen LogP contribution is 2.44. The molecular weight excluding hydrogens is 386 g/mol. The Hall–Kier alpha value is 0.770. The Morgan fingerprint density at radius 3 is 2.73 bits per heavy atom. The Morgan fingerprint density at radius 1 is 1.23 bits per heavy atom. The molecule has 0 radical (unpaired) electrons. The van der Waals surface area contributed by atoms with Gasteiger partial charge in [0.05, 0.1) is 20.1 Å². The number of halogens is 1. The van der Waals surface area contributed by atoms with Gasteiger partial charge in [-0.25, -0.2) is 0 Å². The van der Waals surface area contributed by atoms with Gasteiger partial charge in [-0.1, -0.05) is 31.4 Å². The first kappa shape index (κ1) is 21.5. The van der Waals surface area contributed by atoms with Gasteiger partial charge in [0.1, 0.15) is 0 Å². The molecule has 2 aliphatic rings. The lowest BCUT2D eigenvalue weighted by atomic mass is 9.81. The van der Waals surface area contributed by atoms with Crippen LogP contribution in [0.1, 0.15) is 64.7 Å². The first-order valence-corrected chi connectivity index (χ1v) is 11.6. The van der Waals surface area contributed by atoms with Crippen LogP contribution in [0, 0.1) is 17.8 Å². The van der Waals surface area contributed by atoms with Crippen molar-refractivity contribution < 1.29 is 13.8 Å². The Bertz CT molecular complexity index is 424. The molecule has 152 valence electrons. The van der Waals surface area contributed by atoms with E-state index in [0.717, 1.165) is 32.3 Å². The molecule has 6 heteroatoms. The first-order valence-electron chi connectivity index (χ1n) is 10.8. The summed E-state index contributed by atoms with van der Waals surface area (Å²) in [7, 11) is 2.28. The number of alkyl halides is 1. The molecular formula is C20H37ClO3P2. The lowest BCUT2D eigenvalue weighted by Crippen LogP contribution is -2.27. The highest BCUT2D eigenvalue weighted by Gasteiger charge is 2.42. The summed E-state index contributed by atoms with van der Waals surface area (Å²) in [6.45, 7) is 3.42. The molecule has 2 aliphatic carbocycles. The molecule has 0 aromatic rings. The second-order valence-electron chi connectivity index (χ2n) is 7.75. The van der Waals surface area contributed by atoms with E-state index >= 15 is 0 Å². The number of rotatable bonds is 12. The molecule has 0 spiro atoms. The van der Waals surface area contributed by atoms with Crippen LogP contribution in [-0.2, 0) is 13.8 Å². The molecule has 2 unspecified atom stereocenters. The van der Waals surface area contributed by atoms with Crippen LogP contribution in [0.4, 0.5) is 0 Å². The molecule has 0 aromatic heterocycles. The summed E-state index contributed by atoms with van der Waals surface area (Å²) >= 11 is 6.70. The minimum Gasteiger partial charge on any atom is -0.378 e. The summed E-state index contributed by atoms with van der Waals surface area (Å²) in [5.41, 5.74) is 0. The van der Waals surface area contributed by atoms with Crippen molar-refractivity contribution in [3.63, 3.8) is 0 Å². The second kappa shape index (κ2) is 13.1. The summed E-state index contributed by atoms with van der Waals surface area (Å²) < 4.78 is 24.5. The molecule has 2 saturated carbocycles. The van der Waals surface area contributed by atoms with Crippen molar-refractivity contribution in [2.45, 2.75) is 82.3 Å². The first-order chi connectivity index (χ1) is 13.2. The predicted molar refractivity (Wildman–Crippen MR) is 116 cm³/mol. The van der Waals surface area contributed by atoms with Crippen LogP contribution in [0.2, 0.25) is 0 Å². The van der Waals surface area contributed by atoms with Gasteiger partial charge in [-0.15, -0.1) is 11.6 Å². The van der Waals surface area contributed by atoms with Crippen molar-refractivity contribution in [1.29, 1.82) is 1.28 Å². The van der Waals surface area contributed by atoms with Crippen LogP contribution in [0.5, 0.6) is 0 Å². The summed E-state index contributed by atoms with van der Waals surface area (Å²) in [6, 6.07) is 0. The van der Waals surface area contributed by atoms with Gasteiger partial charge < -0.3 is 13.8 Å². The van der Waals surface area contributed by atoms with E-state index in [1.54, 1.807) is 0 Å².